The molecule has 2 nitrogen and oxygen atoms in total. The van der Waals surface area contributed by atoms with Gasteiger partial charge in [0.05, 0.1) is 4.91 Å². The van der Waals surface area contributed by atoms with E-state index in [4.69, 9.17) is 0 Å². The van der Waals surface area contributed by atoms with Crippen molar-refractivity contribution in [3.8, 4) is 5.75 Å². The standard InChI is InChI=1S/C19H12O2S/c20-16-10-13-6-2-1-5-12(13)9-14(16)11-18-19(21)15-7-3-4-8-17(15)22-18/h1-11,20H/b18-11+. The molecule has 22 heavy (non-hydrogen) atoms. The molecule has 1 aliphatic rings. The number of Topliss-reactive ketones (excluding diaryl/α,β-unsaturated/α-hetero) is 1. The summed E-state index contributed by atoms with van der Waals surface area (Å²) < 4.78 is 0. The number of allylic oxidation sites excluding steroid dienone is 1. The van der Waals surface area contributed by atoms with E-state index in [0.29, 0.717) is 10.5 Å². The van der Waals surface area contributed by atoms with Gasteiger partial charge in [-0.3, -0.25) is 4.79 Å². The molecule has 0 atom stereocenters. The van der Waals surface area contributed by atoms with Gasteiger partial charge in [-0.1, -0.05) is 48.2 Å². The maximum atomic E-state index is 12.4. The predicted octanol–water partition coefficient (Wildman–Crippen LogP) is 4.87. The van der Waals surface area contributed by atoms with Crippen LogP contribution in [0.1, 0.15) is 15.9 Å². The van der Waals surface area contributed by atoms with E-state index in [1.807, 2.05) is 54.6 Å². The highest BCUT2D eigenvalue weighted by atomic mass is 32.2. The molecule has 4 rings (SSSR count). The van der Waals surface area contributed by atoms with Crippen molar-refractivity contribution in [1.29, 1.82) is 0 Å². The van der Waals surface area contributed by atoms with Crippen LogP contribution in [0.15, 0.2) is 70.5 Å². The Bertz CT molecular complexity index is 941. The minimum atomic E-state index is 0.0214. The quantitative estimate of drug-likeness (QED) is 0.651. The number of benzene rings is 3. The number of fused-ring (bicyclic) bond motifs is 2. The van der Waals surface area contributed by atoms with Gasteiger partial charge >= 0.3 is 0 Å². The molecule has 3 aromatic rings. The lowest BCUT2D eigenvalue weighted by Crippen LogP contribution is -1.93. The van der Waals surface area contributed by atoms with Gasteiger partial charge in [0.15, 0.2) is 0 Å². The Kier molecular flexibility index (Phi) is 3.01. The lowest BCUT2D eigenvalue weighted by Gasteiger charge is -2.04. The van der Waals surface area contributed by atoms with E-state index in [-0.39, 0.29) is 11.5 Å². The summed E-state index contributed by atoms with van der Waals surface area (Å²) in [5.74, 6) is 0.212. The van der Waals surface area contributed by atoms with Crippen LogP contribution >= 0.6 is 11.8 Å². The normalized spacial score (nSPS) is 15.5. The van der Waals surface area contributed by atoms with E-state index < -0.39 is 0 Å². The lowest BCUT2D eigenvalue weighted by atomic mass is 10.0. The van der Waals surface area contributed by atoms with Crippen LogP contribution in [0.25, 0.3) is 16.8 Å². The Morgan fingerprint density at radius 1 is 0.909 bits per heavy atom. The predicted molar refractivity (Wildman–Crippen MR) is 90.2 cm³/mol. The van der Waals surface area contributed by atoms with Gasteiger partial charge in [-0.15, -0.1) is 0 Å². The number of aromatic hydroxyl groups is 1. The fraction of sp³-hybridized carbons (Fsp3) is 0. The molecule has 106 valence electrons. The van der Waals surface area contributed by atoms with Crippen LogP contribution < -0.4 is 0 Å². The summed E-state index contributed by atoms with van der Waals surface area (Å²) >= 11 is 1.45. The minimum absolute atomic E-state index is 0.0214. The van der Waals surface area contributed by atoms with Crippen molar-refractivity contribution in [2.75, 3.05) is 0 Å². The van der Waals surface area contributed by atoms with E-state index in [1.54, 1.807) is 12.1 Å². The molecule has 0 aromatic heterocycles. The van der Waals surface area contributed by atoms with Gasteiger partial charge in [0.25, 0.3) is 0 Å². The molecule has 0 fully saturated rings. The lowest BCUT2D eigenvalue weighted by molar-refractivity contribution is 0.104. The zero-order valence-electron chi connectivity index (χ0n) is 11.6. The molecule has 3 heteroatoms. The molecule has 0 aliphatic carbocycles. The van der Waals surface area contributed by atoms with Crippen molar-refractivity contribution >= 4 is 34.4 Å². The zero-order chi connectivity index (χ0) is 15.1. The van der Waals surface area contributed by atoms with E-state index in [9.17, 15) is 9.90 Å². The third-order valence-electron chi connectivity index (χ3n) is 3.76. The van der Waals surface area contributed by atoms with Crippen LogP contribution in [0.2, 0.25) is 0 Å². The second-order valence-corrected chi connectivity index (χ2v) is 6.28. The Hall–Kier alpha value is -2.52. The molecule has 0 amide bonds. The van der Waals surface area contributed by atoms with Gasteiger partial charge in [0.2, 0.25) is 5.78 Å². The zero-order valence-corrected chi connectivity index (χ0v) is 12.4. The summed E-state index contributed by atoms with van der Waals surface area (Å²) in [4.78, 5) is 14.0. The molecule has 0 saturated heterocycles. The maximum Gasteiger partial charge on any atom is 0.200 e. The Labute approximate surface area is 132 Å². The van der Waals surface area contributed by atoms with Crippen molar-refractivity contribution in [3.63, 3.8) is 0 Å². The number of hydrogen-bond donors (Lipinski definition) is 1. The smallest absolute Gasteiger partial charge is 0.200 e. The Balaban J connectivity index is 1.81. The topological polar surface area (TPSA) is 37.3 Å². The highest BCUT2D eigenvalue weighted by molar-refractivity contribution is 8.04. The number of ketones is 1. The maximum absolute atomic E-state index is 12.4. The van der Waals surface area contributed by atoms with Gasteiger partial charge in [-0.05, 0) is 41.1 Å². The number of phenols is 1. The summed E-state index contributed by atoms with van der Waals surface area (Å²) in [5, 5.41) is 12.2. The van der Waals surface area contributed by atoms with Crippen molar-refractivity contribution in [2.45, 2.75) is 4.90 Å². The van der Waals surface area contributed by atoms with Crippen LogP contribution in [0.4, 0.5) is 0 Å². The molecule has 3 aromatic carbocycles. The second kappa shape index (κ2) is 5.04. The van der Waals surface area contributed by atoms with Gasteiger partial charge in [-0.25, -0.2) is 0 Å². The monoisotopic (exact) mass is 304 g/mol. The fourth-order valence-electron chi connectivity index (χ4n) is 2.64. The van der Waals surface area contributed by atoms with Gasteiger partial charge in [0, 0.05) is 16.0 Å². The third kappa shape index (κ3) is 2.11. The summed E-state index contributed by atoms with van der Waals surface area (Å²) in [5.41, 5.74) is 1.40. The summed E-state index contributed by atoms with van der Waals surface area (Å²) in [7, 11) is 0. The van der Waals surface area contributed by atoms with Crippen molar-refractivity contribution < 1.29 is 9.90 Å². The first-order valence-corrected chi connectivity index (χ1v) is 7.79. The first kappa shape index (κ1) is 13.2. The van der Waals surface area contributed by atoms with E-state index >= 15 is 0 Å². The molecule has 0 radical (unpaired) electrons. The molecule has 0 unspecified atom stereocenters. The van der Waals surface area contributed by atoms with E-state index in [2.05, 4.69) is 0 Å². The SMILES string of the molecule is O=C1/C(=C\c2cc3ccccc3cc2O)Sc2ccccc21. The number of carbonyl (C=O) groups excluding carboxylic acids is 1. The first-order valence-electron chi connectivity index (χ1n) is 6.97. The molecular formula is C19H12O2S. The van der Waals surface area contributed by atoms with Gasteiger partial charge in [0.1, 0.15) is 5.75 Å². The van der Waals surface area contributed by atoms with Crippen LogP contribution in [0.3, 0.4) is 0 Å². The summed E-state index contributed by atoms with van der Waals surface area (Å²) in [6, 6.07) is 19.1. The van der Waals surface area contributed by atoms with Gasteiger partial charge < -0.3 is 5.11 Å². The van der Waals surface area contributed by atoms with Crippen molar-refractivity contribution in [2.24, 2.45) is 0 Å². The number of rotatable bonds is 1. The van der Waals surface area contributed by atoms with Crippen molar-refractivity contribution in [1.82, 2.24) is 0 Å². The fourth-order valence-corrected chi connectivity index (χ4v) is 3.68. The van der Waals surface area contributed by atoms with Crippen LogP contribution in [0, 0.1) is 0 Å². The summed E-state index contributed by atoms with van der Waals surface area (Å²) in [6.45, 7) is 0. The molecule has 0 spiro atoms. The number of thioether (sulfide) groups is 1. The van der Waals surface area contributed by atoms with Crippen LogP contribution in [0.5, 0.6) is 5.75 Å². The second-order valence-electron chi connectivity index (χ2n) is 5.19. The number of phenolic OH excluding ortho intramolecular Hbond substituents is 1. The van der Waals surface area contributed by atoms with E-state index in [0.717, 1.165) is 21.2 Å². The molecule has 1 N–H and O–H groups in total. The van der Waals surface area contributed by atoms with Crippen LogP contribution in [-0.4, -0.2) is 10.9 Å². The summed E-state index contributed by atoms with van der Waals surface area (Å²) in [6.07, 6.45) is 1.77. The largest absolute Gasteiger partial charge is 0.507 e. The highest BCUT2D eigenvalue weighted by Crippen LogP contribution is 2.41. The molecule has 0 bridgehead atoms. The highest BCUT2D eigenvalue weighted by Gasteiger charge is 2.25. The average Bonchev–Trinajstić information content (AvgIpc) is 2.85. The average molecular weight is 304 g/mol. The van der Waals surface area contributed by atoms with Crippen LogP contribution in [-0.2, 0) is 0 Å². The number of carbonyl (C=O) groups is 1. The Morgan fingerprint density at radius 3 is 2.36 bits per heavy atom. The van der Waals surface area contributed by atoms with Crippen molar-refractivity contribution in [3.05, 3.63) is 76.7 Å². The minimum Gasteiger partial charge on any atom is -0.507 e. The third-order valence-corrected chi connectivity index (χ3v) is 4.86. The molecule has 1 heterocycles. The first-order chi connectivity index (χ1) is 10.7. The van der Waals surface area contributed by atoms with Gasteiger partial charge in [-0.2, -0.15) is 0 Å². The Morgan fingerprint density at radius 2 is 1.59 bits per heavy atom. The molecule has 0 saturated carbocycles. The molecule has 1 aliphatic heterocycles. The number of hydrogen-bond acceptors (Lipinski definition) is 3. The molecular weight excluding hydrogens is 292 g/mol. The van der Waals surface area contributed by atoms with E-state index in [1.165, 1.54) is 11.8 Å².